The van der Waals surface area contributed by atoms with Crippen LogP contribution in [0.1, 0.15) is 5.69 Å². The van der Waals surface area contributed by atoms with Crippen molar-refractivity contribution >= 4 is 22.4 Å². The van der Waals surface area contributed by atoms with Gasteiger partial charge in [0.15, 0.2) is 0 Å². The van der Waals surface area contributed by atoms with Crippen LogP contribution in [-0.2, 0) is 7.05 Å². The Kier molecular flexibility index (Phi) is 3.09. The first kappa shape index (κ1) is 13.8. The molecule has 23 heavy (non-hydrogen) atoms. The molecule has 0 aliphatic rings. The number of hydrogen-bond donors (Lipinski definition) is 0. The van der Waals surface area contributed by atoms with Crippen LogP contribution in [0.5, 0.6) is 0 Å². The van der Waals surface area contributed by atoms with Gasteiger partial charge in [-0.05, 0) is 36.6 Å². The molecule has 4 rings (SSSR count). The van der Waals surface area contributed by atoms with Gasteiger partial charge in [-0.25, -0.2) is 4.98 Å². The second kappa shape index (κ2) is 5.13. The van der Waals surface area contributed by atoms with Gasteiger partial charge in [-0.1, -0.05) is 11.2 Å². The van der Waals surface area contributed by atoms with Gasteiger partial charge in [0.2, 0.25) is 5.82 Å². The van der Waals surface area contributed by atoms with Crippen LogP contribution < -0.4 is 5.56 Å². The number of fused-ring (bicyclic) bond motifs is 1. The Bertz CT molecular complexity index is 1060. The Morgan fingerprint density at radius 2 is 2.09 bits per heavy atom. The largest absolute Gasteiger partial charge is 0.333 e. The Morgan fingerprint density at radius 1 is 1.22 bits per heavy atom. The van der Waals surface area contributed by atoms with Crippen LogP contribution in [0.4, 0.5) is 0 Å². The van der Waals surface area contributed by atoms with Crippen LogP contribution in [-0.4, -0.2) is 19.7 Å². The van der Waals surface area contributed by atoms with Crippen LogP contribution in [0.15, 0.2) is 45.0 Å². The molecule has 0 unspecified atom stereocenters. The average molecular weight is 324 g/mol. The van der Waals surface area contributed by atoms with Crippen molar-refractivity contribution < 1.29 is 4.52 Å². The lowest BCUT2D eigenvalue weighted by Gasteiger charge is -2.06. The maximum Gasteiger partial charge on any atom is 0.272 e. The molecule has 0 spiro atoms. The molecule has 0 N–H and O–H groups in total. The molecule has 0 fully saturated rings. The predicted molar refractivity (Wildman–Crippen MR) is 88.3 cm³/mol. The minimum Gasteiger partial charge on any atom is -0.333 e. The molecule has 0 bridgehead atoms. The molecular weight excluding hydrogens is 312 g/mol. The topological polar surface area (TPSA) is 73.8 Å². The smallest absolute Gasteiger partial charge is 0.272 e. The van der Waals surface area contributed by atoms with Gasteiger partial charge < -0.3 is 9.09 Å². The number of thiophene rings is 1. The van der Waals surface area contributed by atoms with Gasteiger partial charge in [0.05, 0.1) is 15.9 Å². The van der Waals surface area contributed by atoms with Crippen molar-refractivity contribution in [3.05, 3.63) is 51.8 Å². The summed E-state index contributed by atoms with van der Waals surface area (Å²) in [5.41, 5.74) is 2.67. The molecule has 3 aromatic heterocycles. The zero-order valence-corrected chi connectivity index (χ0v) is 13.3. The summed E-state index contributed by atoms with van der Waals surface area (Å²) >= 11 is 1.55. The van der Waals surface area contributed by atoms with E-state index in [2.05, 4.69) is 15.1 Å². The Morgan fingerprint density at radius 3 is 2.87 bits per heavy atom. The van der Waals surface area contributed by atoms with E-state index in [0.29, 0.717) is 17.4 Å². The fourth-order valence-corrected chi connectivity index (χ4v) is 3.10. The minimum atomic E-state index is -0.0928. The average Bonchev–Trinajstić information content (AvgIpc) is 3.23. The highest BCUT2D eigenvalue weighted by molar-refractivity contribution is 7.13. The molecule has 0 saturated carbocycles. The first-order valence-corrected chi connectivity index (χ1v) is 7.87. The lowest BCUT2D eigenvalue weighted by atomic mass is 10.1. The summed E-state index contributed by atoms with van der Waals surface area (Å²) in [7, 11) is 1.74. The number of hydrogen-bond acceptors (Lipinski definition) is 6. The lowest BCUT2D eigenvalue weighted by Crippen LogP contribution is -2.20. The summed E-state index contributed by atoms with van der Waals surface area (Å²) in [6.07, 6.45) is 0. The van der Waals surface area contributed by atoms with Gasteiger partial charge in [-0.2, -0.15) is 4.98 Å². The number of benzene rings is 1. The number of nitrogens with zero attached hydrogens (tertiary/aromatic N) is 4. The standard InChI is InChI=1S/C16H12N4O2S/c1-9-16(21)20(2)12-6-5-10(8-11(12)17-9)14-18-15(22-19-14)13-4-3-7-23-13/h3-8H,1-2H3. The molecule has 114 valence electrons. The summed E-state index contributed by atoms with van der Waals surface area (Å²) in [5.74, 6) is 1.00. The zero-order chi connectivity index (χ0) is 16.0. The van der Waals surface area contributed by atoms with E-state index in [9.17, 15) is 4.79 Å². The van der Waals surface area contributed by atoms with Gasteiger partial charge in [0.1, 0.15) is 5.69 Å². The molecule has 6 nitrogen and oxygen atoms in total. The van der Waals surface area contributed by atoms with E-state index in [1.165, 1.54) is 0 Å². The summed E-state index contributed by atoms with van der Waals surface area (Å²) in [4.78, 5) is 21.7. The Balaban J connectivity index is 1.84. The monoisotopic (exact) mass is 324 g/mol. The van der Waals surface area contributed by atoms with Crippen molar-refractivity contribution in [1.29, 1.82) is 0 Å². The molecule has 0 radical (unpaired) electrons. The maximum absolute atomic E-state index is 11.9. The number of aryl methyl sites for hydroxylation is 2. The van der Waals surface area contributed by atoms with E-state index in [-0.39, 0.29) is 5.56 Å². The second-order valence-electron chi connectivity index (χ2n) is 5.17. The predicted octanol–water partition coefficient (Wildman–Crippen LogP) is 3.02. The molecule has 3 heterocycles. The van der Waals surface area contributed by atoms with E-state index >= 15 is 0 Å². The number of rotatable bonds is 2. The Hall–Kier alpha value is -2.80. The van der Waals surface area contributed by atoms with E-state index in [4.69, 9.17) is 4.52 Å². The minimum absolute atomic E-state index is 0.0928. The molecular formula is C16H12N4O2S. The molecule has 1 aromatic carbocycles. The summed E-state index contributed by atoms with van der Waals surface area (Å²) in [5, 5.41) is 6.00. The third kappa shape index (κ3) is 2.25. The molecule has 0 aliphatic carbocycles. The van der Waals surface area contributed by atoms with Gasteiger partial charge in [0.25, 0.3) is 11.4 Å². The van der Waals surface area contributed by atoms with Crippen LogP contribution >= 0.6 is 11.3 Å². The van der Waals surface area contributed by atoms with Crippen LogP contribution in [0, 0.1) is 6.92 Å². The normalized spacial score (nSPS) is 11.2. The fraction of sp³-hybridized carbons (Fsp3) is 0.125. The quantitative estimate of drug-likeness (QED) is 0.566. The SMILES string of the molecule is Cc1nc2cc(-c3noc(-c4cccs4)n3)ccc2n(C)c1=O. The van der Waals surface area contributed by atoms with E-state index < -0.39 is 0 Å². The fourth-order valence-electron chi connectivity index (χ4n) is 2.46. The van der Waals surface area contributed by atoms with Crippen molar-refractivity contribution in [3.8, 4) is 22.2 Å². The van der Waals surface area contributed by atoms with E-state index in [1.54, 1.807) is 29.9 Å². The van der Waals surface area contributed by atoms with Gasteiger partial charge in [0, 0.05) is 12.6 Å². The van der Waals surface area contributed by atoms with Crippen molar-refractivity contribution in [1.82, 2.24) is 19.7 Å². The third-order valence-electron chi connectivity index (χ3n) is 3.66. The molecule has 4 aromatic rings. The molecule has 0 atom stereocenters. The lowest BCUT2D eigenvalue weighted by molar-refractivity contribution is 0.433. The van der Waals surface area contributed by atoms with Crippen molar-refractivity contribution in [2.24, 2.45) is 7.05 Å². The molecule has 7 heteroatoms. The second-order valence-corrected chi connectivity index (χ2v) is 6.11. The summed E-state index contributed by atoms with van der Waals surface area (Å²) in [6.45, 7) is 1.71. The van der Waals surface area contributed by atoms with Crippen LogP contribution in [0.25, 0.3) is 33.2 Å². The van der Waals surface area contributed by atoms with E-state index in [0.717, 1.165) is 21.5 Å². The van der Waals surface area contributed by atoms with Crippen molar-refractivity contribution in [3.63, 3.8) is 0 Å². The van der Waals surface area contributed by atoms with Gasteiger partial charge in [-0.3, -0.25) is 4.79 Å². The number of aromatic nitrogens is 4. The van der Waals surface area contributed by atoms with Crippen molar-refractivity contribution in [2.45, 2.75) is 6.92 Å². The summed E-state index contributed by atoms with van der Waals surface area (Å²) < 4.78 is 6.91. The Labute approximate surface area is 135 Å². The molecule has 0 amide bonds. The zero-order valence-electron chi connectivity index (χ0n) is 12.5. The van der Waals surface area contributed by atoms with E-state index in [1.807, 2.05) is 35.7 Å². The molecule has 0 saturated heterocycles. The molecule has 0 aliphatic heterocycles. The first-order chi connectivity index (χ1) is 11.1. The van der Waals surface area contributed by atoms with Crippen LogP contribution in [0.3, 0.4) is 0 Å². The highest BCUT2D eigenvalue weighted by atomic mass is 32.1. The first-order valence-electron chi connectivity index (χ1n) is 6.99. The van der Waals surface area contributed by atoms with Gasteiger partial charge in [-0.15, -0.1) is 11.3 Å². The van der Waals surface area contributed by atoms with Gasteiger partial charge >= 0.3 is 0 Å². The maximum atomic E-state index is 11.9. The highest BCUT2D eigenvalue weighted by Gasteiger charge is 2.13. The third-order valence-corrected chi connectivity index (χ3v) is 4.51. The highest BCUT2D eigenvalue weighted by Crippen LogP contribution is 2.26. The summed E-state index contributed by atoms with van der Waals surface area (Å²) in [6, 6.07) is 9.45. The van der Waals surface area contributed by atoms with Crippen molar-refractivity contribution in [2.75, 3.05) is 0 Å². The van der Waals surface area contributed by atoms with Crippen LogP contribution in [0.2, 0.25) is 0 Å².